The molecule has 1 heterocycles. The minimum Gasteiger partial charge on any atom is -0.486 e. The van der Waals surface area contributed by atoms with Gasteiger partial charge in [0, 0.05) is 45.5 Å². The predicted octanol–water partition coefficient (Wildman–Crippen LogP) is 1.02. The van der Waals surface area contributed by atoms with E-state index in [0.717, 1.165) is 0 Å². The molecule has 0 atom stereocenters. The molecule has 1 aromatic carbocycles. The molecule has 7 nitrogen and oxygen atoms in total. The van der Waals surface area contributed by atoms with Crippen LogP contribution in [0.5, 0.6) is 11.5 Å². The fourth-order valence-corrected chi connectivity index (χ4v) is 2.21. The summed E-state index contributed by atoms with van der Waals surface area (Å²) in [4.78, 5) is 36.8. The molecule has 0 spiro atoms. The second-order valence-corrected chi connectivity index (χ2v) is 5.67. The summed E-state index contributed by atoms with van der Waals surface area (Å²) < 4.78 is 10.8. The molecule has 0 aliphatic carbocycles. The van der Waals surface area contributed by atoms with Crippen LogP contribution in [0.2, 0.25) is 0 Å². The van der Waals surface area contributed by atoms with E-state index in [1.54, 1.807) is 32.3 Å². The molecule has 24 heavy (non-hydrogen) atoms. The van der Waals surface area contributed by atoms with E-state index >= 15 is 0 Å². The number of nitrogens with one attached hydrogen (secondary N) is 1. The van der Waals surface area contributed by atoms with Crippen LogP contribution in [0.4, 0.5) is 0 Å². The van der Waals surface area contributed by atoms with Crippen LogP contribution in [0.3, 0.4) is 0 Å². The first-order chi connectivity index (χ1) is 11.5. The van der Waals surface area contributed by atoms with E-state index < -0.39 is 0 Å². The maximum Gasteiger partial charge on any atom is 0.223 e. The maximum atomic E-state index is 12.2. The topological polar surface area (TPSA) is 84.9 Å². The van der Waals surface area contributed by atoms with E-state index in [4.69, 9.17) is 9.47 Å². The zero-order valence-electron chi connectivity index (χ0n) is 14.0. The molecule has 0 aromatic heterocycles. The van der Waals surface area contributed by atoms with Gasteiger partial charge in [0.2, 0.25) is 11.8 Å². The van der Waals surface area contributed by atoms with E-state index in [-0.39, 0.29) is 43.4 Å². The number of carbonyl (C=O) groups is 3. The highest BCUT2D eigenvalue weighted by atomic mass is 16.6. The number of hydrogen-bond acceptors (Lipinski definition) is 5. The van der Waals surface area contributed by atoms with Crippen molar-refractivity contribution in [2.24, 2.45) is 0 Å². The number of carbonyl (C=O) groups excluding carboxylic acids is 3. The third kappa shape index (κ3) is 4.97. The second kappa shape index (κ2) is 8.33. The Labute approximate surface area is 140 Å². The number of rotatable bonds is 7. The van der Waals surface area contributed by atoms with Gasteiger partial charge in [0.05, 0.1) is 0 Å². The Hall–Kier alpha value is -2.57. The fraction of sp³-hybridized carbons (Fsp3) is 0.471. The lowest BCUT2D eigenvalue weighted by Crippen LogP contribution is -2.30. The molecule has 0 saturated carbocycles. The molecule has 2 rings (SSSR count). The molecule has 0 radical (unpaired) electrons. The molecular formula is C17H22N2O5. The van der Waals surface area contributed by atoms with Crippen molar-refractivity contribution >= 4 is 17.6 Å². The SMILES string of the molecule is CN(C)C(=O)CCNC(=O)CCC(=O)c1ccc2c(c1)OCCO2. The first-order valence-electron chi connectivity index (χ1n) is 7.87. The van der Waals surface area contributed by atoms with Crippen LogP contribution in [-0.4, -0.2) is 56.4 Å². The smallest absolute Gasteiger partial charge is 0.223 e. The van der Waals surface area contributed by atoms with Crippen LogP contribution in [0.1, 0.15) is 29.6 Å². The van der Waals surface area contributed by atoms with E-state index in [9.17, 15) is 14.4 Å². The van der Waals surface area contributed by atoms with Crippen molar-refractivity contribution in [1.29, 1.82) is 0 Å². The molecule has 1 N–H and O–H groups in total. The van der Waals surface area contributed by atoms with Gasteiger partial charge in [0.15, 0.2) is 17.3 Å². The van der Waals surface area contributed by atoms with Crippen LogP contribution >= 0.6 is 0 Å². The number of Topliss-reactive ketones (excluding diaryl/α,β-unsaturated/α-hetero) is 1. The third-order valence-corrected chi connectivity index (χ3v) is 3.60. The summed E-state index contributed by atoms with van der Waals surface area (Å²) in [5, 5.41) is 2.64. The average Bonchev–Trinajstić information content (AvgIpc) is 2.59. The van der Waals surface area contributed by atoms with Crippen molar-refractivity contribution in [3.05, 3.63) is 23.8 Å². The Balaban J connectivity index is 1.76. The number of hydrogen-bond donors (Lipinski definition) is 1. The quantitative estimate of drug-likeness (QED) is 0.753. The molecule has 0 saturated heterocycles. The van der Waals surface area contributed by atoms with Crippen molar-refractivity contribution in [2.75, 3.05) is 33.9 Å². The summed E-state index contributed by atoms with van der Waals surface area (Å²) in [6.45, 7) is 1.23. The zero-order chi connectivity index (χ0) is 17.5. The molecule has 7 heteroatoms. The highest BCUT2D eigenvalue weighted by Crippen LogP contribution is 2.31. The molecule has 1 aliphatic rings. The number of ketones is 1. The van der Waals surface area contributed by atoms with Gasteiger partial charge >= 0.3 is 0 Å². The van der Waals surface area contributed by atoms with Crippen molar-refractivity contribution in [2.45, 2.75) is 19.3 Å². The molecule has 0 unspecified atom stereocenters. The summed E-state index contributed by atoms with van der Waals surface area (Å²) in [5.74, 6) is 0.751. The highest BCUT2D eigenvalue weighted by molar-refractivity contribution is 5.98. The Morgan fingerprint density at radius 3 is 2.46 bits per heavy atom. The van der Waals surface area contributed by atoms with Gasteiger partial charge in [-0.05, 0) is 18.2 Å². The third-order valence-electron chi connectivity index (χ3n) is 3.60. The van der Waals surface area contributed by atoms with Gasteiger partial charge in [0.25, 0.3) is 0 Å². The van der Waals surface area contributed by atoms with Crippen molar-refractivity contribution < 1.29 is 23.9 Å². The molecule has 1 aromatic rings. The molecule has 0 bridgehead atoms. The summed E-state index contributed by atoms with van der Waals surface area (Å²) in [7, 11) is 3.33. The van der Waals surface area contributed by atoms with Gasteiger partial charge in [0.1, 0.15) is 13.2 Å². The Morgan fingerprint density at radius 2 is 1.75 bits per heavy atom. The van der Waals surface area contributed by atoms with Crippen molar-refractivity contribution in [3.63, 3.8) is 0 Å². The first-order valence-corrected chi connectivity index (χ1v) is 7.87. The van der Waals surface area contributed by atoms with E-state index in [0.29, 0.717) is 30.3 Å². The van der Waals surface area contributed by atoms with Crippen LogP contribution in [0.25, 0.3) is 0 Å². The number of benzene rings is 1. The monoisotopic (exact) mass is 334 g/mol. The van der Waals surface area contributed by atoms with Crippen molar-refractivity contribution in [1.82, 2.24) is 10.2 Å². The minimum absolute atomic E-state index is 0.0531. The van der Waals surface area contributed by atoms with E-state index in [1.807, 2.05) is 0 Å². The number of fused-ring (bicyclic) bond motifs is 1. The minimum atomic E-state index is -0.243. The standard InChI is InChI=1S/C17H22N2O5/c1-19(2)17(22)7-8-18-16(21)6-4-13(20)12-3-5-14-15(11-12)24-10-9-23-14/h3,5,11H,4,6-10H2,1-2H3,(H,18,21). The van der Waals surface area contributed by atoms with Gasteiger partial charge in [-0.15, -0.1) is 0 Å². The van der Waals surface area contributed by atoms with Gasteiger partial charge in [-0.3, -0.25) is 14.4 Å². The number of nitrogens with zero attached hydrogens (tertiary/aromatic N) is 1. The van der Waals surface area contributed by atoms with Gasteiger partial charge < -0.3 is 19.7 Å². The lowest BCUT2D eigenvalue weighted by molar-refractivity contribution is -0.128. The average molecular weight is 334 g/mol. The Bertz CT molecular complexity index is 627. The van der Waals surface area contributed by atoms with Crippen LogP contribution in [0, 0.1) is 0 Å². The molecule has 130 valence electrons. The summed E-state index contributed by atoms with van der Waals surface area (Å²) in [5.41, 5.74) is 0.495. The molecule has 2 amide bonds. The van der Waals surface area contributed by atoms with Crippen LogP contribution < -0.4 is 14.8 Å². The maximum absolute atomic E-state index is 12.2. The summed E-state index contributed by atoms with van der Waals surface area (Å²) in [6, 6.07) is 5.02. The van der Waals surface area contributed by atoms with Crippen LogP contribution in [-0.2, 0) is 9.59 Å². The zero-order valence-corrected chi connectivity index (χ0v) is 14.0. The fourth-order valence-electron chi connectivity index (χ4n) is 2.21. The lowest BCUT2D eigenvalue weighted by atomic mass is 10.1. The lowest BCUT2D eigenvalue weighted by Gasteiger charge is -2.18. The van der Waals surface area contributed by atoms with Crippen LogP contribution in [0.15, 0.2) is 18.2 Å². The summed E-state index contributed by atoms with van der Waals surface area (Å²) in [6.07, 6.45) is 0.436. The Morgan fingerprint density at radius 1 is 1.04 bits per heavy atom. The highest BCUT2D eigenvalue weighted by Gasteiger charge is 2.16. The number of ether oxygens (including phenoxy) is 2. The summed E-state index contributed by atoms with van der Waals surface area (Å²) >= 11 is 0. The normalized spacial score (nSPS) is 12.4. The molecular weight excluding hydrogens is 312 g/mol. The van der Waals surface area contributed by atoms with Crippen molar-refractivity contribution in [3.8, 4) is 11.5 Å². The van der Waals surface area contributed by atoms with Gasteiger partial charge in [-0.1, -0.05) is 0 Å². The van der Waals surface area contributed by atoms with Gasteiger partial charge in [-0.2, -0.15) is 0 Å². The first kappa shape index (κ1) is 17.8. The predicted molar refractivity (Wildman–Crippen MR) is 87.3 cm³/mol. The Kier molecular flexibility index (Phi) is 6.17. The van der Waals surface area contributed by atoms with E-state index in [1.165, 1.54) is 4.90 Å². The second-order valence-electron chi connectivity index (χ2n) is 5.67. The largest absolute Gasteiger partial charge is 0.486 e. The number of amides is 2. The van der Waals surface area contributed by atoms with Gasteiger partial charge in [-0.25, -0.2) is 0 Å². The van der Waals surface area contributed by atoms with E-state index in [2.05, 4.69) is 5.32 Å². The molecule has 0 fully saturated rings. The molecule has 1 aliphatic heterocycles.